The van der Waals surface area contributed by atoms with Gasteiger partial charge in [0.25, 0.3) is 0 Å². The van der Waals surface area contributed by atoms with Gasteiger partial charge in [-0.15, -0.1) is 4.67 Å². The van der Waals surface area contributed by atoms with Gasteiger partial charge >= 0.3 is 17.7 Å². The minimum atomic E-state index is -4.16. The Kier molecular flexibility index (Phi) is 3.88. The van der Waals surface area contributed by atoms with Crippen LogP contribution in [0.15, 0.2) is 29.2 Å². The standard InChI is InChI=1S/C8H11O6PS/c1-7-3-5-8(6-4-7)16(11,12)14-13-15(2,9)10/h3-6H,1-2H3,(H,9,10). The van der Waals surface area contributed by atoms with E-state index < -0.39 is 17.7 Å². The Labute approximate surface area is 93.4 Å². The second-order valence-corrected chi connectivity index (χ2v) is 6.48. The summed E-state index contributed by atoms with van der Waals surface area (Å²) in [7, 11) is -8.16. The summed E-state index contributed by atoms with van der Waals surface area (Å²) in [5, 5.41) is 0. The quantitative estimate of drug-likeness (QED) is 0.504. The second kappa shape index (κ2) is 4.65. The molecule has 8 heteroatoms. The van der Waals surface area contributed by atoms with Crippen molar-refractivity contribution < 1.29 is 26.9 Å². The van der Waals surface area contributed by atoms with Crippen LogP contribution in [-0.2, 0) is 23.7 Å². The van der Waals surface area contributed by atoms with Crippen molar-refractivity contribution >= 4 is 17.7 Å². The zero-order chi connectivity index (χ0) is 12.4. The molecule has 0 heterocycles. The van der Waals surface area contributed by atoms with Crippen LogP contribution in [0.25, 0.3) is 0 Å². The smallest absolute Gasteiger partial charge is 0.323 e. The van der Waals surface area contributed by atoms with E-state index in [1.165, 1.54) is 12.1 Å². The number of hydrogen-bond acceptors (Lipinski definition) is 5. The number of benzene rings is 1. The van der Waals surface area contributed by atoms with Crippen molar-refractivity contribution in [1.29, 1.82) is 0 Å². The van der Waals surface area contributed by atoms with Crippen molar-refractivity contribution in [2.24, 2.45) is 0 Å². The first-order valence-corrected chi connectivity index (χ1v) is 7.64. The third-order valence-electron chi connectivity index (χ3n) is 1.57. The lowest BCUT2D eigenvalue weighted by Crippen LogP contribution is -2.06. The Morgan fingerprint density at radius 1 is 1.25 bits per heavy atom. The highest BCUT2D eigenvalue weighted by Gasteiger charge is 2.21. The maximum Gasteiger partial charge on any atom is 0.354 e. The average Bonchev–Trinajstić information content (AvgIpc) is 2.15. The van der Waals surface area contributed by atoms with E-state index in [1.807, 2.05) is 0 Å². The highest BCUT2D eigenvalue weighted by atomic mass is 32.2. The first kappa shape index (κ1) is 13.3. The molecule has 0 amide bonds. The van der Waals surface area contributed by atoms with Crippen LogP contribution in [0.4, 0.5) is 0 Å². The van der Waals surface area contributed by atoms with Crippen LogP contribution in [-0.4, -0.2) is 20.0 Å². The third-order valence-corrected chi connectivity index (χ3v) is 3.12. The molecule has 0 aliphatic heterocycles. The molecule has 16 heavy (non-hydrogen) atoms. The van der Waals surface area contributed by atoms with Gasteiger partial charge in [0.2, 0.25) is 0 Å². The lowest BCUT2D eigenvalue weighted by molar-refractivity contribution is -0.100. The van der Waals surface area contributed by atoms with Crippen molar-refractivity contribution in [3.8, 4) is 0 Å². The molecule has 1 aromatic carbocycles. The van der Waals surface area contributed by atoms with E-state index in [1.54, 1.807) is 19.1 Å². The summed E-state index contributed by atoms with van der Waals surface area (Å²) >= 11 is 0. The zero-order valence-corrected chi connectivity index (χ0v) is 10.4. The van der Waals surface area contributed by atoms with Crippen LogP contribution >= 0.6 is 7.60 Å². The summed E-state index contributed by atoms with van der Waals surface area (Å²) in [4.78, 5) is 8.57. The summed E-state index contributed by atoms with van der Waals surface area (Å²) in [5.74, 6) is 0. The maximum atomic E-state index is 11.4. The van der Waals surface area contributed by atoms with Gasteiger partial charge in [-0.1, -0.05) is 22.0 Å². The minimum Gasteiger partial charge on any atom is -0.323 e. The Morgan fingerprint density at radius 3 is 2.19 bits per heavy atom. The third kappa shape index (κ3) is 4.03. The largest absolute Gasteiger partial charge is 0.354 e. The SMILES string of the molecule is Cc1ccc(S(=O)(=O)OOP(C)(=O)O)cc1. The molecule has 6 nitrogen and oxygen atoms in total. The molecule has 0 aliphatic rings. The van der Waals surface area contributed by atoms with Crippen molar-refractivity contribution in [2.75, 3.05) is 6.66 Å². The molecule has 0 bridgehead atoms. The second-order valence-electron chi connectivity index (χ2n) is 3.21. The van der Waals surface area contributed by atoms with Crippen LogP contribution < -0.4 is 0 Å². The summed E-state index contributed by atoms with van der Waals surface area (Å²) in [6, 6.07) is 5.76. The molecular formula is C8H11O6PS. The molecule has 1 rings (SSSR count). The first-order valence-electron chi connectivity index (χ1n) is 4.20. The molecule has 90 valence electrons. The van der Waals surface area contributed by atoms with Crippen molar-refractivity contribution in [2.45, 2.75) is 11.8 Å². The monoisotopic (exact) mass is 266 g/mol. The zero-order valence-electron chi connectivity index (χ0n) is 8.65. The molecular weight excluding hydrogens is 255 g/mol. The van der Waals surface area contributed by atoms with Crippen LogP contribution in [0.1, 0.15) is 5.56 Å². The molecule has 1 N–H and O–H groups in total. The highest BCUT2D eigenvalue weighted by Crippen LogP contribution is 2.37. The Morgan fingerprint density at radius 2 is 1.75 bits per heavy atom. The van der Waals surface area contributed by atoms with E-state index in [0.717, 1.165) is 12.2 Å². The molecule has 0 fully saturated rings. The number of aryl methyl sites for hydroxylation is 1. The fourth-order valence-electron chi connectivity index (χ4n) is 0.841. The van der Waals surface area contributed by atoms with E-state index in [2.05, 4.69) is 9.01 Å². The lowest BCUT2D eigenvalue weighted by atomic mass is 10.2. The van der Waals surface area contributed by atoms with Gasteiger partial charge in [0, 0.05) is 6.66 Å². The van der Waals surface area contributed by atoms with Gasteiger partial charge in [0.1, 0.15) is 0 Å². The molecule has 0 aromatic heterocycles. The Balaban J connectivity index is 2.87. The molecule has 0 spiro atoms. The normalized spacial score (nSPS) is 15.7. The molecule has 0 aliphatic carbocycles. The summed E-state index contributed by atoms with van der Waals surface area (Å²) in [6.45, 7) is 2.61. The molecule has 0 radical (unpaired) electrons. The Hall–Kier alpha value is -0.720. The number of hydrogen-bond donors (Lipinski definition) is 1. The van der Waals surface area contributed by atoms with E-state index in [9.17, 15) is 13.0 Å². The molecule has 1 unspecified atom stereocenters. The van der Waals surface area contributed by atoms with E-state index in [0.29, 0.717) is 0 Å². The van der Waals surface area contributed by atoms with Crippen molar-refractivity contribution in [3.05, 3.63) is 29.8 Å². The highest BCUT2D eigenvalue weighted by molar-refractivity contribution is 7.86. The van der Waals surface area contributed by atoms with E-state index in [-0.39, 0.29) is 4.90 Å². The minimum absolute atomic E-state index is 0.147. The van der Waals surface area contributed by atoms with E-state index >= 15 is 0 Å². The van der Waals surface area contributed by atoms with Gasteiger partial charge in [-0.05, 0) is 19.1 Å². The van der Waals surface area contributed by atoms with Gasteiger partial charge in [-0.2, -0.15) is 8.42 Å². The van der Waals surface area contributed by atoms with Crippen LogP contribution in [0.5, 0.6) is 0 Å². The predicted octanol–water partition coefficient (Wildman–Crippen LogP) is 1.45. The van der Waals surface area contributed by atoms with E-state index in [4.69, 9.17) is 4.89 Å². The van der Waals surface area contributed by atoms with Gasteiger partial charge in [-0.25, -0.2) is 0 Å². The van der Waals surface area contributed by atoms with Crippen LogP contribution in [0.2, 0.25) is 0 Å². The first-order chi connectivity index (χ1) is 7.21. The van der Waals surface area contributed by atoms with Crippen molar-refractivity contribution in [3.63, 3.8) is 0 Å². The summed E-state index contributed by atoms with van der Waals surface area (Å²) in [5.41, 5.74) is 0.878. The number of rotatable bonds is 4. The van der Waals surface area contributed by atoms with Crippen LogP contribution in [0.3, 0.4) is 0 Å². The molecule has 1 atom stereocenters. The lowest BCUT2D eigenvalue weighted by Gasteiger charge is -2.06. The van der Waals surface area contributed by atoms with Gasteiger partial charge in [-0.3, -0.25) is 4.57 Å². The van der Waals surface area contributed by atoms with Gasteiger partial charge in [0.15, 0.2) is 0 Å². The molecule has 0 saturated carbocycles. The van der Waals surface area contributed by atoms with Gasteiger partial charge in [0.05, 0.1) is 4.90 Å². The Bertz CT molecular complexity index is 500. The van der Waals surface area contributed by atoms with Crippen LogP contribution in [0, 0.1) is 6.92 Å². The summed E-state index contributed by atoms with van der Waals surface area (Å²) < 4.78 is 41.4. The fourth-order valence-corrected chi connectivity index (χ4v) is 2.16. The fraction of sp³-hybridized carbons (Fsp3) is 0.250. The molecule has 0 saturated heterocycles. The topological polar surface area (TPSA) is 89.9 Å². The van der Waals surface area contributed by atoms with Gasteiger partial charge < -0.3 is 4.89 Å². The summed E-state index contributed by atoms with van der Waals surface area (Å²) in [6.07, 6.45) is 0. The average molecular weight is 266 g/mol. The maximum absolute atomic E-state index is 11.4. The molecule has 1 aromatic rings. The van der Waals surface area contributed by atoms with Crippen molar-refractivity contribution in [1.82, 2.24) is 0 Å². The predicted molar refractivity (Wildman–Crippen MR) is 56.3 cm³/mol.